The lowest BCUT2D eigenvalue weighted by molar-refractivity contribution is 0.235. The zero-order chi connectivity index (χ0) is 13.9. The van der Waals surface area contributed by atoms with Crippen molar-refractivity contribution in [3.63, 3.8) is 0 Å². The minimum atomic E-state index is -0.0135. The van der Waals surface area contributed by atoms with Crippen LogP contribution in [0.2, 0.25) is 0 Å². The highest BCUT2D eigenvalue weighted by Crippen LogP contribution is 2.30. The smallest absolute Gasteiger partial charge is 0.315 e. The van der Waals surface area contributed by atoms with Crippen LogP contribution >= 0.6 is 11.8 Å². The Hall–Kier alpha value is -0.420. The van der Waals surface area contributed by atoms with Crippen molar-refractivity contribution in [3.05, 3.63) is 0 Å². The van der Waals surface area contributed by atoms with E-state index in [2.05, 4.69) is 35.6 Å². The van der Waals surface area contributed by atoms with Gasteiger partial charge in [0, 0.05) is 37.0 Å². The first-order valence-electron chi connectivity index (χ1n) is 7.30. The number of carbonyl (C=O) groups excluding carboxylic acids is 1. The van der Waals surface area contributed by atoms with Gasteiger partial charge >= 0.3 is 6.03 Å². The van der Waals surface area contributed by atoms with Crippen molar-refractivity contribution in [2.75, 3.05) is 32.4 Å². The van der Waals surface area contributed by atoms with Crippen LogP contribution in [-0.2, 0) is 0 Å². The standard InChI is InChI=1S/C14H27N3OS/c1-14(2,19-3)10-15-13(18)16-12-6-7-17(9-12)8-11-4-5-11/h11-12H,4-10H2,1-3H3,(H2,15,16,18). The van der Waals surface area contributed by atoms with Crippen molar-refractivity contribution in [1.82, 2.24) is 15.5 Å². The molecule has 2 aliphatic rings. The minimum Gasteiger partial charge on any atom is -0.337 e. The van der Waals surface area contributed by atoms with Crippen LogP contribution in [0.1, 0.15) is 33.1 Å². The van der Waals surface area contributed by atoms with E-state index in [0.29, 0.717) is 12.6 Å². The predicted molar refractivity (Wildman–Crippen MR) is 81.7 cm³/mol. The summed E-state index contributed by atoms with van der Waals surface area (Å²) >= 11 is 1.78. The van der Waals surface area contributed by atoms with Gasteiger partial charge in [0.25, 0.3) is 0 Å². The van der Waals surface area contributed by atoms with Crippen LogP contribution in [0.3, 0.4) is 0 Å². The molecule has 0 radical (unpaired) electrons. The summed E-state index contributed by atoms with van der Waals surface area (Å²) in [7, 11) is 0. The van der Waals surface area contributed by atoms with Gasteiger partial charge in [-0.05, 0) is 45.3 Å². The van der Waals surface area contributed by atoms with E-state index in [1.165, 1.54) is 19.4 Å². The monoisotopic (exact) mass is 285 g/mol. The van der Waals surface area contributed by atoms with Crippen molar-refractivity contribution in [3.8, 4) is 0 Å². The van der Waals surface area contributed by atoms with Crippen LogP contribution in [0.5, 0.6) is 0 Å². The molecule has 1 saturated heterocycles. The fraction of sp³-hybridized carbons (Fsp3) is 0.929. The average molecular weight is 285 g/mol. The Bertz CT molecular complexity index is 318. The third kappa shape index (κ3) is 5.22. The summed E-state index contributed by atoms with van der Waals surface area (Å²) in [6.45, 7) is 8.39. The van der Waals surface area contributed by atoms with Gasteiger partial charge in [-0.1, -0.05) is 0 Å². The van der Waals surface area contributed by atoms with Crippen molar-refractivity contribution in [2.45, 2.75) is 43.9 Å². The predicted octanol–water partition coefficient (Wildman–Crippen LogP) is 1.91. The summed E-state index contributed by atoms with van der Waals surface area (Å²) in [5, 5.41) is 6.08. The first-order valence-corrected chi connectivity index (χ1v) is 8.53. The normalized spacial score (nSPS) is 24.5. The number of hydrogen-bond donors (Lipinski definition) is 2. The Kier molecular flexibility index (Phi) is 5.01. The van der Waals surface area contributed by atoms with Crippen LogP contribution in [0, 0.1) is 5.92 Å². The maximum Gasteiger partial charge on any atom is 0.315 e. The molecule has 2 N–H and O–H groups in total. The fourth-order valence-corrected chi connectivity index (χ4v) is 2.60. The summed E-state index contributed by atoms with van der Waals surface area (Å²) < 4.78 is 0.102. The number of rotatable bonds is 6. The third-order valence-corrected chi connectivity index (χ3v) is 5.30. The maximum absolute atomic E-state index is 11.9. The first-order chi connectivity index (χ1) is 8.98. The second kappa shape index (κ2) is 6.35. The largest absolute Gasteiger partial charge is 0.337 e. The van der Waals surface area contributed by atoms with E-state index in [-0.39, 0.29) is 10.8 Å². The molecule has 1 aliphatic heterocycles. The molecule has 0 aromatic heterocycles. The van der Waals surface area contributed by atoms with Crippen molar-refractivity contribution >= 4 is 17.8 Å². The van der Waals surface area contributed by atoms with Crippen LogP contribution in [0.4, 0.5) is 4.79 Å². The van der Waals surface area contributed by atoms with Crippen LogP contribution < -0.4 is 10.6 Å². The highest BCUT2D eigenvalue weighted by atomic mass is 32.2. The van der Waals surface area contributed by atoms with Gasteiger partial charge in [-0.2, -0.15) is 11.8 Å². The van der Waals surface area contributed by atoms with Crippen molar-refractivity contribution < 1.29 is 4.79 Å². The number of likely N-dealkylation sites (tertiary alicyclic amines) is 1. The summed E-state index contributed by atoms with van der Waals surface area (Å²) in [6, 6.07) is 0.316. The molecule has 19 heavy (non-hydrogen) atoms. The van der Waals surface area contributed by atoms with Gasteiger partial charge in [-0.3, -0.25) is 0 Å². The zero-order valence-corrected chi connectivity index (χ0v) is 13.2. The van der Waals surface area contributed by atoms with Gasteiger partial charge in [0.15, 0.2) is 0 Å². The molecule has 2 rings (SSSR count). The van der Waals surface area contributed by atoms with E-state index in [1.54, 1.807) is 11.8 Å². The molecule has 0 bridgehead atoms. The lowest BCUT2D eigenvalue weighted by atomic mass is 10.2. The molecule has 2 fully saturated rings. The number of amides is 2. The highest BCUT2D eigenvalue weighted by molar-refractivity contribution is 7.99. The lowest BCUT2D eigenvalue weighted by Gasteiger charge is -2.23. The number of thioether (sulfide) groups is 1. The topological polar surface area (TPSA) is 44.4 Å². The van der Waals surface area contributed by atoms with Gasteiger partial charge in [-0.15, -0.1) is 0 Å². The van der Waals surface area contributed by atoms with E-state index < -0.39 is 0 Å². The highest BCUT2D eigenvalue weighted by Gasteiger charge is 2.29. The van der Waals surface area contributed by atoms with Crippen LogP contribution in [-0.4, -0.2) is 54.2 Å². The van der Waals surface area contributed by atoms with E-state index in [1.807, 2.05) is 0 Å². The molecule has 4 nitrogen and oxygen atoms in total. The van der Waals surface area contributed by atoms with Gasteiger partial charge < -0.3 is 15.5 Å². The molecular formula is C14H27N3OS. The zero-order valence-electron chi connectivity index (χ0n) is 12.4. The van der Waals surface area contributed by atoms with Gasteiger partial charge in [0.05, 0.1) is 0 Å². The molecule has 5 heteroatoms. The molecule has 1 unspecified atom stereocenters. The quantitative estimate of drug-likeness (QED) is 0.783. The molecule has 110 valence electrons. The molecule has 1 heterocycles. The van der Waals surface area contributed by atoms with Crippen LogP contribution in [0.15, 0.2) is 0 Å². The SMILES string of the molecule is CSC(C)(C)CNC(=O)NC1CCN(CC2CC2)C1. The number of urea groups is 1. The molecule has 1 atom stereocenters. The van der Waals surface area contributed by atoms with Crippen LogP contribution in [0.25, 0.3) is 0 Å². The van der Waals surface area contributed by atoms with E-state index in [9.17, 15) is 4.79 Å². The van der Waals surface area contributed by atoms with E-state index >= 15 is 0 Å². The second-order valence-electron chi connectivity index (χ2n) is 6.48. The number of nitrogens with one attached hydrogen (secondary N) is 2. The Morgan fingerprint density at radius 2 is 2.11 bits per heavy atom. The second-order valence-corrected chi connectivity index (χ2v) is 7.99. The number of hydrogen-bond acceptors (Lipinski definition) is 3. The molecule has 1 aliphatic carbocycles. The number of carbonyl (C=O) groups is 1. The Morgan fingerprint density at radius 3 is 2.74 bits per heavy atom. The van der Waals surface area contributed by atoms with Crippen molar-refractivity contribution in [2.24, 2.45) is 5.92 Å². The summed E-state index contributed by atoms with van der Waals surface area (Å²) in [5.41, 5.74) is 0. The number of nitrogens with zero attached hydrogens (tertiary/aromatic N) is 1. The summed E-state index contributed by atoms with van der Waals surface area (Å²) in [5.74, 6) is 0.940. The van der Waals surface area contributed by atoms with Gasteiger partial charge in [0.2, 0.25) is 0 Å². The maximum atomic E-state index is 11.9. The summed E-state index contributed by atoms with van der Waals surface area (Å²) in [6.07, 6.45) is 5.97. The van der Waals surface area contributed by atoms with Gasteiger partial charge in [-0.25, -0.2) is 4.79 Å². The Labute approximate surface area is 121 Å². The Balaban J connectivity index is 1.62. The summed E-state index contributed by atoms with van der Waals surface area (Å²) in [4.78, 5) is 14.3. The third-order valence-electron chi connectivity index (χ3n) is 4.05. The molecule has 1 saturated carbocycles. The first kappa shape index (κ1) is 15.0. The minimum absolute atomic E-state index is 0.0135. The molecule has 0 aromatic carbocycles. The average Bonchev–Trinajstić information content (AvgIpc) is 3.07. The molecule has 0 aromatic rings. The van der Waals surface area contributed by atoms with Crippen molar-refractivity contribution in [1.29, 1.82) is 0 Å². The lowest BCUT2D eigenvalue weighted by Crippen LogP contribution is -2.46. The molecular weight excluding hydrogens is 258 g/mol. The van der Waals surface area contributed by atoms with E-state index in [0.717, 1.165) is 25.4 Å². The molecule has 0 spiro atoms. The van der Waals surface area contributed by atoms with E-state index in [4.69, 9.17) is 0 Å². The molecule has 2 amide bonds. The fourth-order valence-electron chi connectivity index (χ4n) is 2.38. The van der Waals surface area contributed by atoms with Gasteiger partial charge in [0.1, 0.15) is 0 Å². The Morgan fingerprint density at radius 1 is 1.37 bits per heavy atom.